The molecule has 0 aromatic heterocycles. The smallest absolute Gasteiger partial charge is 0.118 e. The normalized spacial score (nSPS) is 20.2. The SMILES string of the molecule is COc1ccc(C2C=C2C)cc1. The van der Waals surface area contributed by atoms with Gasteiger partial charge in [-0.2, -0.15) is 0 Å². The fourth-order valence-electron chi connectivity index (χ4n) is 1.39. The lowest BCUT2D eigenvalue weighted by Gasteiger charge is -2.01. The third-order valence-corrected chi connectivity index (χ3v) is 2.29. The van der Waals surface area contributed by atoms with Crippen LogP contribution in [-0.2, 0) is 0 Å². The first-order valence-electron chi connectivity index (χ1n) is 4.13. The van der Waals surface area contributed by atoms with E-state index in [1.54, 1.807) is 7.11 Å². The largest absolute Gasteiger partial charge is 0.497 e. The number of hydrogen-bond acceptors (Lipinski definition) is 1. The van der Waals surface area contributed by atoms with Crippen molar-refractivity contribution in [3.05, 3.63) is 41.5 Å². The van der Waals surface area contributed by atoms with Gasteiger partial charge in [0, 0.05) is 5.92 Å². The van der Waals surface area contributed by atoms with Gasteiger partial charge in [0.25, 0.3) is 0 Å². The van der Waals surface area contributed by atoms with Gasteiger partial charge in [-0.25, -0.2) is 0 Å². The van der Waals surface area contributed by atoms with E-state index in [9.17, 15) is 0 Å². The van der Waals surface area contributed by atoms with Gasteiger partial charge in [0.05, 0.1) is 7.11 Å². The first-order chi connectivity index (χ1) is 5.81. The van der Waals surface area contributed by atoms with Gasteiger partial charge in [0.15, 0.2) is 0 Å². The Bertz CT molecular complexity index is 308. The van der Waals surface area contributed by atoms with Crippen LogP contribution in [0.25, 0.3) is 0 Å². The molecule has 0 amide bonds. The van der Waals surface area contributed by atoms with E-state index in [4.69, 9.17) is 4.74 Å². The maximum Gasteiger partial charge on any atom is 0.118 e. The molecule has 0 N–H and O–H groups in total. The van der Waals surface area contributed by atoms with E-state index in [1.165, 1.54) is 11.1 Å². The van der Waals surface area contributed by atoms with Crippen molar-refractivity contribution < 1.29 is 4.74 Å². The molecular weight excluding hydrogens is 148 g/mol. The molecule has 1 nitrogen and oxygen atoms in total. The van der Waals surface area contributed by atoms with Crippen molar-refractivity contribution in [3.8, 4) is 5.75 Å². The highest BCUT2D eigenvalue weighted by Gasteiger charge is 2.21. The van der Waals surface area contributed by atoms with Crippen LogP contribution >= 0.6 is 0 Å². The Kier molecular flexibility index (Phi) is 1.65. The van der Waals surface area contributed by atoms with Crippen molar-refractivity contribution in [2.45, 2.75) is 12.8 Å². The van der Waals surface area contributed by atoms with Crippen LogP contribution in [0.2, 0.25) is 0 Å². The van der Waals surface area contributed by atoms with Crippen molar-refractivity contribution in [1.29, 1.82) is 0 Å². The van der Waals surface area contributed by atoms with Crippen molar-refractivity contribution >= 4 is 0 Å². The maximum absolute atomic E-state index is 5.08. The molecule has 12 heavy (non-hydrogen) atoms. The molecule has 2 rings (SSSR count). The molecule has 0 radical (unpaired) electrons. The standard InChI is InChI=1S/C11H12O/c1-8-7-11(8)9-3-5-10(12-2)6-4-9/h3-7,11H,1-2H3. The summed E-state index contributed by atoms with van der Waals surface area (Å²) in [6.07, 6.45) is 2.27. The van der Waals surface area contributed by atoms with Gasteiger partial charge in [-0.3, -0.25) is 0 Å². The average Bonchev–Trinajstić information content (AvgIpc) is 2.83. The molecule has 0 saturated heterocycles. The summed E-state index contributed by atoms with van der Waals surface area (Å²) < 4.78 is 5.08. The highest BCUT2D eigenvalue weighted by molar-refractivity contribution is 5.45. The lowest BCUT2D eigenvalue weighted by Crippen LogP contribution is -1.84. The molecule has 0 aliphatic heterocycles. The molecule has 0 fully saturated rings. The Balaban J connectivity index is 2.15. The number of benzene rings is 1. The Morgan fingerprint density at radius 2 is 1.75 bits per heavy atom. The van der Waals surface area contributed by atoms with E-state index in [0.717, 1.165) is 5.75 Å². The van der Waals surface area contributed by atoms with Gasteiger partial charge < -0.3 is 4.74 Å². The topological polar surface area (TPSA) is 9.23 Å². The van der Waals surface area contributed by atoms with Crippen LogP contribution in [0.4, 0.5) is 0 Å². The van der Waals surface area contributed by atoms with E-state index >= 15 is 0 Å². The van der Waals surface area contributed by atoms with Gasteiger partial charge in [-0.05, 0) is 24.6 Å². The first kappa shape index (κ1) is 7.41. The van der Waals surface area contributed by atoms with E-state index < -0.39 is 0 Å². The highest BCUT2D eigenvalue weighted by atomic mass is 16.5. The molecule has 0 heterocycles. The Morgan fingerprint density at radius 1 is 1.17 bits per heavy atom. The lowest BCUT2D eigenvalue weighted by atomic mass is 10.1. The molecule has 1 aromatic carbocycles. The zero-order valence-electron chi connectivity index (χ0n) is 7.37. The molecule has 1 atom stereocenters. The van der Waals surface area contributed by atoms with E-state index in [1.807, 2.05) is 12.1 Å². The number of allylic oxidation sites excluding steroid dienone is 2. The number of hydrogen-bond donors (Lipinski definition) is 0. The fourth-order valence-corrected chi connectivity index (χ4v) is 1.39. The van der Waals surface area contributed by atoms with Gasteiger partial charge in [-0.15, -0.1) is 0 Å². The van der Waals surface area contributed by atoms with Crippen LogP contribution < -0.4 is 4.74 Å². The summed E-state index contributed by atoms with van der Waals surface area (Å²) in [5.41, 5.74) is 2.84. The minimum Gasteiger partial charge on any atom is -0.497 e. The van der Waals surface area contributed by atoms with Crippen LogP contribution in [0, 0.1) is 0 Å². The summed E-state index contributed by atoms with van der Waals surface area (Å²) in [5.74, 6) is 1.54. The summed E-state index contributed by atoms with van der Waals surface area (Å²) in [4.78, 5) is 0. The third kappa shape index (κ3) is 1.22. The zero-order valence-corrected chi connectivity index (χ0v) is 7.37. The third-order valence-electron chi connectivity index (χ3n) is 2.29. The Labute approximate surface area is 72.7 Å². The summed E-state index contributed by atoms with van der Waals surface area (Å²) in [6.45, 7) is 2.16. The second-order valence-electron chi connectivity index (χ2n) is 3.16. The molecule has 62 valence electrons. The number of methoxy groups -OCH3 is 1. The summed E-state index contributed by atoms with van der Waals surface area (Å²) >= 11 is 0. The van der Waals surface area contributed by atoms with Gasteiger partial charge in [0.1, 0.15) is 5.75 Å². The second kappa shape index (κ2) is 2.67. The van der Waals surface area contributed by atoms with Crippen molar-refractivity contribution in [1.82, 2.24) is 0 Å². The van der Waals surface area contributed by atoms with Crippen LogP contribution in [0.1, 0.15) is 18.4 Å². The predicted octanol–water partition coefficient (Wildman–Crippen LogP) is 2.74. The molecule has 1 aromatic rings. The monoisotopic (exact) mass is 160 g/mol. The summed E-state index contributed by atoms with van der Waals surface area (Å²) in [6, 6.07) is 8.26. The van der Waals surface area contributed by atoms with Gasteiger partial charge in [0.2, 0.25) is 0 Å². The maximum atomic E-state index is 5.08. The van der Waals surface area contributed by atoms with Gasteiger partial charge in [-0.1, -0.05) is 23.8 Å². The highest BCUT2D eigenvalue weighted by Crippen LogP contribution is 2.38. The first-order valence-corrected chi connectivity index (χ1v) is 4.13. The molecule has 1 heteroatoms. The van der Waals surface area contributed by atoms with Crippen LogP contribution in [0.15, 0.2) is 35.9 Å². The van der Waals surface area contributed by atoms with E-state index in [-0.39, 0.29) is 0 Å². The lowest BCUT2D eigenvalue weighted by molar-refractivity contribution is 0.414. The molecule has 1 aliphatic rings. The average molecular weight is 160 g/mol. The molecule has 1 aliphatic carbocycles. The molecule has 0 spiro atoms. The minimum absolute atomic E-state index is 0.607. The van der Waals surface area contributed by atoms with Crippen molar-refractivity contribution in [2.24, 2.45) is 0 Å². The molecular formula is C11H12O. The van der Waals surface area contributed by atoms with Crippen LogP contribution in [0.3, 0.4) is 0 Å². The second-order valence-corrected chi connectivity index (χ2v) is 3.16. The fraction of sp³-hybridized carbons (Fsp3) is 0.273. The molecule has 0 bridgehead atoms. The molecule has 0 saturated carbocycles. The number of rotatable bonds is 2. The summed E-state index contributed by atoms with van der Waals surface area (Å²) in [7, 11) is 1.69. The van der Waals surface area contributed by atoms with Crippen molar-refractivity contribution in [2.75, 3.05) is 7.11 Å². The predicted molar refractivity (Wildman–Crippen MR) is 49.5 cm³/mol. The molecule has 1 unspecified atom stereocenters. The van der Waals surface area contributed by atoms with E-state index in [2.05, 4.69) is 25.1 Å². The van der Waals surface area contributed by atoms with Crippen LogP contribution in [0.5, 0.6) is 5.75 Å². The summed E-state index contributed by atoms with van der Waals surface area (Å²) in [5, 5.41) is 0. The Morgan fingerprint density at radius 3 is 2.17 bits per heavy atom. The number of ether oxygens (including phenoxy) is 1. The zero-order chi connectivity index (χ0) is 8.55. The van der Waals surface area contributed by atoms with Crippen LogP contribution in [-0.4, -0.2) is 7.11 Å². The minimum atomic E-state index is 0.607. The van der Waals surface area contributed by atoms with Gasteiger partial charge >= 0.3 is 0 Å². The Hall–Kier alpha value is -1.24. The quantitative estimate of drug-likeness (QED) is 0.604. The van der Waals surface area contributed by atoms with Crippen molar-refractivity contribution in [3.63, 3.8) is 0 Å². The van der Waals surface area contributed by atoms with E-state index in [0.29, 0.717) is 5.92 Å².